The zero-order valence-corrected chi connectivity index (χ0v) is 12.3. The third kappa shape index (κ3) is 2.20. The number of rotatable bonds is 3. The van der Waals surface area contributed by atoms with E-state index in [-0.39, 0.29) is 11.4 Å². The van der Waals surface area contributed by atoms with E-state index in [1.807, 2.05) is 0 Å². The van der Waals surface area contributed by atoms with Gasteiger partial charge in [0.1, 0.15) is 5.82 Å². The van der Waals surface area contributed by atoms with Gasteiger partial charge >= 0.3 is 0 Å². The highest BCUT2D eigenvalue weighted by Crippen LogP contribution is 2.54. The largest absolute Gasteiger partial charge is 0.301 e. The minimum Gasteiger partial charge on any atom is -0.301 e. The van der Waals surface area contributed by atoms with Crippen LogP contribution in [0.1, 0.15) is 47.9 Å². The molecule has 1 N–H and O–H groups in total. The van der Waals surface area contributed by atoms with E-state index in [1.165, 1.54) is 30.3 Å². The quantitative estimate of drug-likeness (QED) is 0.696. The van der Waals surface area contributed by atoms with Crippen LogP contribution in [0.25, 0.3) is 0 Å². The Morgan fingerprint density at radius 1 is 1.24 bits per heavy atom. The van der Waals surface area contributed by atoms with Gasteiger partial charge in [0.05, 0.1) is 5.69 Å². The van der Waals surface area contributed by atoms with Crippen LogP contribution < -0.4 is 5.56 Å². The van der Waals surface area contributed by atoms with Crippen molar-refractivity contribution in [2.24, 2.45) is 0 Å². The summed E-state index contributed by atoms with van der Waals surface area (Å²) < 4.78 is 12.9. The Balaban J connectivity index is 1.54. The fourth-order valence-electron chi connectivity index (χ4n) is 3.46. The molecule has 0 bridgehead atoms. The maximum Gasteiger partial charge on any atom is 0.255 e. The lowest BCUT2D eigenvalue weighted by Gasteiger charge is -2.32. The standard InChI is InChI=1S/C16H15FN2OS/c17-10-6-4-9(5-7-10)8-21-16-18-14-12-3-1-2-11(12)13(14)15(20)19-16/h4-7,11-12H,1-3,8H2,(H,18,19,20). The number of benzene rings is 1. The van der Waals surface area contributed by atoms with Gasteiger partial charge in [0, 0.05) is 17.2 Å². The molecule has 0 radical (unpaired) electrons. The van der Waals surface area contributed by atoms with Gasteiger partial charge in [-0.1, -0.05) is 30.3 Å². The summed E-state index contributed by atoms with van der Waals surface area (Å²) in [4.78, 5) is 19.7. The predicted octanol–water partition coefficient (Wildman–Crippen LogP) is 3.57. The van der Waals surface area contributed by atoms with Crippen molar-refractivity contribution in [1.82, 2.24) is 9.97 Å². The van der Waals surface area contributed by atoms with Crippen molar-refractivity contribution < 1.29 is 4.39 Å². The van der Waals surface area contributed by atoms with Crippen LogP contribution in [-0.4, -0.2) is 9.97 Å². The molecule has 0 saturated heterocycles. The summed E-state index contributed by atoms with van der Waals surface area (Å²) >= 11 is 1.50. The van der Waals surface area contributed by atoms with Gasteiger partial charge in [-0.05, 0) is 36.5 Å². The second-order valence-electron chi connectivity index (χ2n) is 5.73. The number of nitrogens with zero attached hydrogens (tertiary/aromatic N) is 1. The third-order valence-electron chi connectivity index (χ3n) is 4.49. The molecule has 3 nitrogen and oxygen atoms in total. The van der Waals surface area contributed by atoms with Crippen molar-refractivity contribution in [3.8, 4) is 0 Å². The highest BCUT2D eigenvalue weighted by atomic mass is 32.2. The number of H-pyrrole nitrogens is 1. The molecule has 1 aromatic heterocycles. The third-order valence-corrected chi connectivity index (χ3v) is 5.43. The van der Waals surface area contributed by atoms with E-state index in [1.54, 1.807) is 12.1 Å². The van der Waals surface area contributed by atoms with Gasteiger partial charge in [-0.2, -0.15) is 0 Å². The summed E-state index contributed by atoms with van der Waals surface area (Å²) in [6.45, 7) is 0. The van der Waals surface area contributed by atoms with Crippen LogP contribution in [0, 0.1) is 5.82 Å². The van der Waals surface area contributed by atoms with Gasteiger partial charge in [-0.15, -0.1) is 0 Å². The molecule has 5 heteroatoms. The molecule has 0 amide bonds. The Hall–Kier alpha value is -1.62. The molecule has 2 aromatic rings. The van der Waals surface area contributed by atoms with Gasteiger partial charge in [-0.3, -0.25) is 4.79 Å². The summed E-state index contributed by atoms with van der Waals surface area (Å²) in [7, 11) is 0. The number of aromatic nitrogens is 2. The Bertz CT molecular complexity index is 741. The van der Waals surface area contributed by atoms with Gasteiger partial charge in [0.25, 0.3) is 5.56 Å². The van der Waals surface area contributed by atoms with Gasteiger partial charge in [0.2, 0.25) is 0 Å². The number of thioether (sulfide) groups is 1. The normalized spacial score (nSPS) is 22.5. The molecule has 1 heterocycles. The molecular weight excluding hydrogens is 287 g/mol. The molecule has 0 aliphatic heterocycles. The molecule has 2 aliphatic carbocycles. The zero-order valence-electron chi connectivity index (χ0n) is 11.4. The number of halogens is 1. The monoisotopic (exact) mass is 302 g/mol. The fourth-order valence-corrected chi connectivity index (χ4v) is 4.28. The van der Waals surface area contributed by atoms with Crippen LogP contribution in [0.5, 0.6) is 0 Å². The summed E-state index contributed by atoms with van der Waals surface area (Å²) in [5, 5.41) is 0.674. The topological polar surface area (TPSA) is 45.8 Å². The fraction of sp³-hybridized carbons (Fsp3) is 0.375. The maximum absolute atomic E-state index is 12.9. The minimum absolute atomic E-state index is 0.0322. The first-order valence-corrected chi connectivity index (χ1v) is 8.22. The lowest BCUT2D eigenvalue weighted by molar-refractivity contribution is 0.499. The summed E-state index contributed by atoms with van der Waals surface area (Å²) in [6, 6.07) is 6.42. The van der Waals surface area contributed by atoms with Crippen LogP contribution in [0.4, 0.5) is 4.39 Å². The van der Waals surface area contributed by atoms with E-state index >= 15 is 0 Å². The van der Waals surface area contributed by atoms with Crippen molar-refractivity contribution in [2.75, 3.05) is 0 Å². The van der Waals surface area contributed by atoms with E-state index in [0.29, 0.717) is 22.7 Å². The molecule has 2 unspecified atom stereocenters. The molecule has 1 saturated carbocycles. The second-order valence-corrected chi connectivity index (χ2v) is 6.69. The highest BCUT2D eigenvalue weighted by Gasteiger charge is 2.44. The molecule has 0 spiro atoms. The molecule has 1 aromatic carbocycles. The van der Waals surface area contributed by atoms with E-state index in [2.05, 4.69) is 9.97 Å². The molecule has 2 atom stereocenters. The first-order chi connectivity index (χ1) is 10.2. The smallest absolute Gasteiger partial charge is 0.255 e. The number of hydrogen-bond acceptors (Lipinski definition) is 3. The summed E-state index contributed by atoms with van der Waals surface area (Å²) in [5.74, 6) is 1.40. The van der Waals surface area contributed by atoms with Crippen LogP contribution in [0.2, 0.25) is 0 Å². The van der Waals surface area contributed by atoms with Crippen molar-refractivity contribution in [3.05, 3.63) is 57.3 Å². The van der Waals surface area contributed by atoms with Crippen LogP contribution in [0.3, 0.4) is 0 Å². The highest BCUT2D eigenvalue weighted by molar-refractivity contribution is 7.98. The average molecular weight is 302 g/mol. The number of aromatic amines is 1. The first kappa shape index (κ1) is 13.1. The zero-order chi connectivity index (χ0) is 14.4. The lowest BCUT2D eigenvalue weighted by atomic mass is 9.74. The average Bonchev–Trinajstić information content (AvgIpc) is 2.87. The first-order valence-electron chi connectivity index (χ1n) is 7.24. The van der Waals surface area contributed by atoms with Gasteiger partial charge in [-0.25, -0.2) is 9.37 Å². The Morgan fingerprint density at radius 2 is 2.00 bits per heavy atom. The van der Waals surface area contributed by atoms with E-state index in [0.717, 1.165) is 29.7 Å². The predicted molar refractivity (Wildman–Crippen MR) is 80.2 cm³/mol. The molecule has 2 aliphatic rings. The van der Waals surface area contributed by atoms with E-state index < -0.39 is 0 Å². The van der Waals surface area contributed by atoms with Crippen LogP contribution >= 0.6 is 11.8 Å². The van der Waals surface area contributed by atoms with Crippen molar-refractivity contribution in [3.63, 3.8) is 0 Å². The minimum atomic E-state index is -0.233. The number of nitrogens with one attached hydrogen (secondary N) is 1. The Morgan fingerprint density at radius 3 is 2.81 bits per heavy atom. The maximum atomic E-state index is 12.9. The van der Waals surface area contributed by atoms with E-state index in [9.17, 15) is 9.18 Å². The Kier molecular flexibility index (Phi) is 3.10. The lowest BCUT2D eigenvalue weighted by Crippen LogP contribution is -2.32. The van der Waals surface area contributed by atoms with Crippen molar-refractivity contribution in [1.29, 1.82) is 0 Å². The summed E-state index contributed by atoms with van der Waals surface area (Å²) in [5.41, 5.74) is 2.99. The molecule has 108 valence electrons. The molecule has 4 rings (SSSR count). The second kappa shape index (κ2) is 4.98. The SMILES string of the molecule is O=c1[nH]c(SCc2ccc(F)cc2)nc2c1C1CCCC21. The van der Waals surface area contributed by atoms with Crippen LogP contribution in [-0.2, 0) is 5.75 Å². The Labute approximate surface area is 126 Å². The van der Waals surface area contributed by atoms with Crippen LogP contribution in [0.15, 0.2) is 34.2 Å². The molecule has 1 fully saturated rings. The summed E-state index contributed by atoms with van der Waals surface area (Å²) in [6.07, 6.45) is 3.49. The number of hydrogen-bond donors (Lipinski definition) is 1. The van der Waals surface area contributed by atoms with Gasteiger partial charge in [0.15, 0.2) is 5.16 Å². The van der Waals surface area contributed by atoms with Gasteiger partial charge < -0.3 is 4.98 Å². The molecular formula is C16H15FN2OS. The molecule has 21 heavy (non-hydrogen) atoms. The van der Waals surface area contributed by atoms with Crippen molar-refractivity contribution in [2.45, 2.75) is 42.0 Å². The number of fused-ring (bicyclic) bond motifs is 4. The van der Waals surface area contributed by atoms with Crippen molar-refractivity contribution >= 4 is 11.8 Å². The van der Waals surface area contributed by atoms with E-state index in [4.69, 9.17) is 0 Å².